The Balaban J connectivity index is 1.53. The van der Waals surface area contributed by atoms with Gasteiger partial charge in [-0.1, -0.05) is 19.9 Å². The molecule has 8 nitrogen and oxygen atoms in total. The van der Waals surface area contributed by atoms with E-state index in [1.807, 2.05) is 12.3 Å². The highest BCUT2D eigenvalue weighted by Crippen LogP contribution is 2.37. The van der Waals surface area contributed by atoms with E-state index in [1.54, 1.807) is 0 Å². The third-order valence-electron chi connectivity index (χ3n) is 8.62. The van der Waals surface area contributed by atoms with Gasteiger partial charge < -0.3 is 19.3 Å². The molecule has 0 amide bonds. The number of pyridine rings is 2. The molecule has 0 aliphatic carbocycles. The molecule has 206 valence electrons. The van der Waals surface area contributed by atoms with E-state index in [2.05, 4.69) is 81.4 Å². The number of hydrogen-bond donors (Lipinski definition) is 0. The van der Waals surface area contributed by atoms with Crippen LogP contribution in [0.25, 0.3) is 33.2 Å². The van der Waals surface area contributed by atoms with Gasteiger partial charge in [0.15, 0.2) is 5.82 Å². The molecule has 0 N–H and O–H groups in total. The van der Waals surface area contributed by atoms with Crippen LogP contribution in [0.15, 0.2) is 36.5 Å². The van der Waals surface area contributed by atoms with Gasteiger partial charge in [0.1, 0.15) is 11.3 Å². The lowest BCUT2D eigenvalue weighted by molar-refractivity contribution is 0.150. The Morgan fingerprint density at radius 1 is 0.795 bits per heavy atom. The molecule has 8 heteroatoms. The highest BCUT2D eigenvalue weighted by Gasteiger charge is 2.25. The first-order valence-corrected chi connectivity index (χ1v) is 14.7. The summed E-state index contributed by atoms with van der Waals surface area (Å²) in [7, 11) is 4.43. The van der Waals surface area contributed by atoms with Crippen LogP contribution in [0.5, 0.6) is 0 Å². The number of fused-ring (bicyclic) bond motifs is 3. The van der Waals surface area contributed by atoms with Crippen molar-refractivity contribution in [2.24, 2.45) is 0 Å². The average molecular weight is 527 g/mol. The van der Waals surface area contributed by atoms with Gasteiger partial charge >= 0.3 is 0 Å². The SMILES string of the molecule is CCc1cc(-c2ccccn2)cc2nc(N3CCN(C)CC3)c3nc(CC)n(CCN4CCN(C)CC4)c3c12. The first-order valence-electron chi connectivity index (χ1n) is 14.7. The molecule has 39 heavy (non-hydrogen) atoms. The van der Waals surface area contributed by atoms with E-state index in [0.717, 1.165) is 106 Å². The number of benzene rings is 1. The second-order valence-corrected chi connectivity index (χ2v) is 11.2. The summed E-state index contributed by atoms with van der Waals surface area (Å²) >= 11 is 0. The Bertz CT molecular complexity index is 1430. The van der Waals surface area contributed by atoms with Gasteiger partial charge in [0, 0.05) is 89.0 Å². The van der Waals surface area contributed by atoms with E-state index >= 15 is 0 Å². The zero-order valence-corrected chi connectivity index (χ0v) is 24.0. The topological polar surface area (TPSA) is 56.6 Å². The fourth-order valence-corrected chi connectivity index (χ4v) is 6.15. The summed E-state index contributed by atoms with van der Waals surface area (Å²) in [6.07, 6.45) is 3.72. The van der Waals surface area contributed by atoms with Crippen molar-refractivity contribution in [1.29, 1.82) is 0 Å². The molecule has 2 fully saturated rings. The Labute approximate surface area is 232 Å². The lowest BCUT2D eigenvalue weighted by Gasteiger charge is -2.33. The smallest absolute Gasteiger partial charge is 0.157 e. The number of imidazole rings is 1. The minimum absolute atomic E-state index is 0.911. The molecule has 2 aliphatic rings. The molecule has 0 radical (unpaired) electrons. The van der Waals surface area contributed by atoms with Crippen molar-refractivity contribution >= 4 is 27.8 Å². The Morgan fingerprint density at radius 2 is 1.54 bits per heavy atom. The molecule has 3 aromatic heterocycles. The fraction of sp³-hybridized carbons (Fsp3) is 0.516. The number of anilines is 1. The van der Waals surface area contributed by atoms with E-state index in [9.17, 15) is 0 Å². The third kappa shape index (κ3) is 5.13. The molecule has 1 aromatic carbocycles. The summed E-state index contributed by atoms with van der Waals surface area (Å²) in [5.41, 5.74) is 6.84. The second kappa shape index (κ2) is 11.2. The van der Waals surface area contributed by atoms with Crippen LogP contribution < -0.4 is 4.90 Å². The monoisotopic (exact) mass is 526 g/mol. The van der Waals surface area contributed by atoms with Crippen LogP contribution >= 0.6 is 0 Å². The normalized spacial score (nSPS) is 18.0. The van der Waals surface area contributed by atoms with Gasteiger partial charge in [0.25, 0.3) is 0 Å². The lowest BCUT2D eigenvalue weighted by atomic mass is 9.99. The molecular formula is C31H42N8. The van der Waals surface area contributed by atoms with Crippen LogP contribution in [0.3, 0.4) is 0 Å². The zero-order valence-electron chi connectivity index (χ0n) is 24.0. The molecule has 6 rings (SSSR count). The predicted octanol–water partition coefficient (Wildman–Crippen LogP) is 3.77. The lowest BCUT2D eigenvalue weighted by Crippen LogP contribution is -2.45. The second-order valence-electron chi connectivity index (χ2n) is 11.2. The summed E-state index contributed by atoms with van der Waals surface area (Å²) in [5, 5.41) is 1.26. The molecule has 0 bridgehead atoms. The maximum absolute atomic E-state index is 5.38. The van der Waals surface area contributed by atoms with Gasteiger partial charge in [-0.2, -0.15) is 0 Å². The molecular weight excluding hydrogens is 484 g/mol. The number of likely N-dealkylation sites (N-methyl/N-ethyl adjacent to an activating group) is 2. The fourth-order valence-electron chi connectivity index (χ4n) is 6.15. The van der Waals surface area contributed by atoms with Crippen LogP contribution in [0.4, 0.5) is 5.82 Å². The molecule has 0 saturated carbocycles. The molecule has 4 aromatic rings. The van der Waals surface area contributed by atoms with E-state index < -0.39 is 0 Å². The first-order chi connectivity index (χ1) is 19.1. The minimum Gasteiger partial charge on any atom is -0.352 e. The maximum Gasteiger partial charge on any atom is 0.157 e. The number of hydrogen-bond acceptors (Lipinski definition) is 7. The van der Waals surface area contributed by atoms with Crippen molar-refractivity contribution in [2.75, 3.05) is 77.9 Å². The van der Waals surface area contributed by atoms with Crippen LogP contribution in [-0.2, 0) is 19.4 Å². The zero-order chi connectivity index (χ0) is 26.9. The maximum atomic E-state index is 5.38. The van der Waals surface area contributed by atoms with Crippen molar-refractivity contribution in [2.45, 2.75) is 33.2 Å². The number of rotatable bonds is 7. The van der Waals surface area contributed by atoms with Crippen LogP contribution in [-0.4, -0.2) is 107 Å². The average Bonchev–Trinajstić information content (AvgIpc) is 3.35. The quantitative estimate of drug-likeness (QED) is 0.363. The third-order valence-corrected chi connectivity index (χ3v) is 8.62. The number of aromatic nitrogens is 4. The van der Waals surface area contributed by atoms with E-state index in [-0.39, 0.29) is 0 Å². The van der Waals surface area contributed by atoms with E-state index in [4.69, 9.17) is 9.97 Å². The molecule has 2 aliphatic heterocycles. The highest BCUT2D eigenvalue weighted by molar-refractivity contribution is 6.09. The summed E-state index contributed by atoms with van der Waals surface area (Å²) in [4.78, 5) is 25.2. The summed E-state index contributed by atoms with van der Waals surface area (Å²) in [6, 6.07) is 10.7. The van der Waals surface area contributed by atoms with Gasteiger partial charge in [-0.15, -0.1) is 0 Å². The van der Waals surface area contributed by atoms with Gasteiger partial charge in [-0.3, -0.25) is 9.88 Å². The predicted molar refractivity (Wildman–Crippen MR) is 161 cm³/mol. The van der Waals surface area contributed by atoms with Gasteiger partial charge in [-0.05, 0) is 50.3 Å². The standard InChI is InChI=1S/C31H42N8/c1-5-23-21-24(25-9-7-8-10-32-25)22-26-28(23)30-29(31(33-26)38-18-13-36(4)14-19-38)34-27(6-2)39(30)20-17-37-15-11-35(3)12-16-37/h7-10,21-22H,5-6,11-20H2,1-4H3. The van der Waals surface area contributed by atoms with Crippen molar-refractivity contribution in [3.05, 3.63) is 47.9 Å². The molecule has 0 atom stereocenters. The van der Waals surface area contributed by atoms with Gasteiger partial charge in [0.05, 0.1) is 16.7 Å². The summed E-state index contributed by atoms with van der Waals surface area (Å²) in [5.74, 6) is 2.21. The van der Waals surface area contributed by atoms with Crippen molar-refractivity contribution in [3.63, 3.8) is 0 Å². The van der Waals surface area contributed by atoms with Crippen LogP contribution in [0.1, 0.15) is 25.2 Å². The Morgan fingerprint density at radius 3 is 2.21 bits per heavy atom. The minimum atomic E-state index is 0.911. The Kier molecular flexibility index (Phi) is 7.51. The highest BCUT2D eigenvalue weighted by atomic mass is 15.3. The molecule has 2 saturated heterocycles. The first kappa shape index (κ1) is 26.2. The van der Waals surface area contributed by atoms with Gasteiger partial charge in [0.2, 0.25) is 0 Å². The van der Waals surface area contributed by atoms with Crippen LogP contribution in [0.2, 0.25) is 0 Å². The van der Waals surface area contributed by atoms with Crippen molar-refractivity contribution in [1.82, 2.24) is 34.2 Å². The van der Waals surface area contributed by atoms with Crippen LogP contribution in [0, 0.1) is 0 Å². The number of aryl methyl sites for hydroxylation is 2. The largest absolute Gasteiger partial charge is 0.352 e. The summed E-state index contributed by atoms with van der Waals surface area (Å²) in [6.45, 7) is 15.1. The number of nitrogens with zero attached hydrogens (tertiary/aromatic N) is 8. The summed E-state index contributed by atoms with van der Waals surface area (Å²) < 4.78 is 2.52. The van der Waals surface area contributed by atoms with Crippen molar-refractivity contribution in [3.8, 4) is 11.3 Å². The number of piperazine rings is 2. The van der Waals surface area contributed by atoms with E-state index in [0.29, 0.717) is 0 Å². The van der Waals surface area contributed by atoms with Crippen molar-refractivity contribution < 1.29 is 0 Å². The molecule has 5 heterocycles. The molecule has 0 spiro atoms. The Hall–Kier alpha value is -3.07. The molecule has 0 unspecified atom stereocenters. The van der Waals surface area contributed by atoms with E-state index in [1.165, 1.54) is 22.3 Å². The van der Waals surface area contributed by atoms with Gasteiger partial charge in [-0.25, -0.2) is 9.97 Å².